The largest absolute Gasteiger partial charge is 0.496 e. The van der Waals surface area contributed by atoms with Crippen molar-refractivity contribution >= 4 is 23.0 Å². The number of likely N-dealkylation sites (N-methyl/N-ethyl adjacent to an activating group) is 1. The number of benzene rings is 2. The lowest BCUT2D eigenvalue weighted by molar-refractivity contribution is 0.0542. The van der Waals surface area contributed by atoms with Gasteiger partial charge in [-0.05, 0) is 70.1 Å². The van der Waals surface area contributed by atoms with Crippen LogP contribution in [0.3, 0.4) is 0 Å². The van der Waals surface area contributed by atoms with Crippen LogP contribution in [-0.2, 0) is 16.0 Å². The highest BCUT2D eigenvalue weighted by Gasteiger charge is 2.29. The Morgan fingerprint density at radius 3 is 2.38 bits per heavy atom. The van der Waals surface area contributed by atoms with Gasteiger partial charge >= 0.3 is 12.1 Å². The molecule has 0 bridgehead atoms. The maximum Gasteiger partial charge on any atom is 0.419 e. The first-order chi connectivity index (χ1) is 17.5. The number of fused-ring (bicyclic) bond motifs is 1. The van der Waals surface area contributed by atoms with Crippen molar-refractivity contribution in [2.24, 2.45) is 0 Å². The average Bonchev–Trinajstić information content (AvgIpc) is 3.31. The van der Waals surface area contributed by atoms with Gasteiger partial charge in [0.25, 0.3) is 0 Å². The first-order valence-corrected chi connectivity index (χ1v) is 12.5. The SMILES string of the molecule is COC(=O)c1ccc(C2CN(C)CCN2Cc2c(OC)cc(C)c3c2ccn3C(=O)OC(C)(C)C)cc1. The van der Waals surface area contributed by atoms with E-state index in [4.69, 9.17) is 14.2 Å². The highest BCUT2D eigenvalue weighted by atomic mass is 16.6. The number of nitrogens with zero attached hydrogens (tertiary/aromatic N) is 3. The second-order valence-corrected chi connectivity index (χ2v) is 10.7. The van der Waals surface area contributed by atoms with Crippen molar-refractivity contribution in [1.29, 1.82) is 0 Å². The van der Waals surface area contributed by atoms with Crippen LogP contribution < -0.4 is 4.74 Å². The lowest BCUT2D eigenvalue weighted by atomic mass is 9.98. The third kappa shape index (κ3) is 5.65. The number of rotatable bonds is 5. The van der Waals surface area contributed by atoms with Gasteiger partial charge < -0.3 is 19.1 Å². The number of hydrogen-bond acceptors (Lipinski definition) is 7. The van der Waals surface area contributed by atoms with Gasteiger partial charge in [-0.25, -0.2) is 9.59 Å². The molecule has 4 rings (SSSR count). The Kier molecular flexibility index (Phi) is 7.62. The van der Waals surface area contributed by atoms with Crippen molar-refractivity contribution in [1.82, 2.24) is 14.4 Å². The van der Waals surface area contributed by atoms with E-state index in [2.05, 4.69) is 16.8 Å². The third-order valence-corrected chi connectivity index (χ3v) is 6.81. The molecule has 1 aliphatic heterocycles. The van der Waals surface area contributed by atoms with E-state index in [9.17, 15) is 9.59 Å². The van der Waals surface area contributed by atoms with E-state index in [1.54, 1.807) is 17.9 Å². The molecule has 2 aromatic carbocycles. The molecule has 1 saturated heterocycles. The first kappa shape index (κ1) is 26.7. The van der Waals surface area contributed by atoms with Gasteiger partial charge in [-0.15, -0.1) is 0 Å². The predicted octanol–water partition coefficient (Wildman–Crippen LogP) is 5.02. The van der Waals surface area contributed by atoms with E-state index in [1.165, 1.54) is 7.11 Å². The second-order valence-electron chi connectivity index (χ2n) is 10.7. The Labute approximate surface area is 218 Å². The summed E-state index contributed by atoms with van der Waals surface area (Å²) in [5.41, 5.74) is 3.89. The second kappa shape index (κ2) is 10.6. The van der Waals surface area contributed by atoms with Crippen molar-refractivity contribution in [2.75, 3.05) is 40.9 Å². The van der Waals surface area contributed by atoms with E-state index < -0.39 is 11.7 Å². The van der Waals surface area contributed by atoms with Crippen molar-refractivity contribution in [2.45, 2.75) is 45.9 Å². The molecular formula is C29H37N3O5. The number of aromatic nitrogens is 1. The molecule has 0 radical (unpaired) electrons. The smallest absolute Gasteiger partial charge is 0.419 e. The molecule has 1 atom stereocenters. The third-order valence-electron chi connectivity index (χ3n) is 6.81. The number of carbonyl (C=O) groups excluding carboxylic acids is 2. The molecule has 1 aliphatic rings. The minimum atomic E-state index is -0.590. The molecule has 1 aromatic heterocycles. The van der Waals surface area contributed by atoms with Gasteiger partial charge in [0, 0.05) is 49.4 Å². The van der Waals surface area contributed by atoms with Crippen LogP contribution in [0.1, 0.15) is 53.9 Å². The summed E-state index contributed by atoms with van der Waals surface area (Å²) in [7, 11) is 5.20. The lowest BCUT2D eigenvalue weighted by Gasteiger charge is -2.40. The van der Waals surface area contributed by atoms with E-state index >= 15 is 0 Å². The molecule has 8 nitrogen and oxygen atoms in total. The average molecular weight is 508 g/mol. The summed E-state index contributed by atoms with van der Waals surface area (Å²) >= 11 is 0. The monoisotopic (exact) mass is 507 g/mol. The van der Waals surface area contributed by atoms with Gasteiger partial charge in [0.1, 0.15) is 11.4 Å². The Balaban J connectivity index is 1.72. The van der Waals surface area contributed by atoms with E-state index in [0.717, 1.165) is 53.0 Å². The highest BCUT2D eigenvalue weighted by Crippen LogP contribution is 2.36. The van der Waals surface area contributed by atoms with Crippen molar-refractivity contribution < 1.29 is 23.8 Å². The lowest BCUT2D eigenvalue weighted by Crippen LogP contribution is -2.46. The first-order valence-electron chi connectivity index (χ1n) is 12.5. The molecule has 2 heterocycles. The quantitative estimate of drug-likeness (QED) is 0.449. The van der Waals surface area contributed by atoms with Crippen LogP contribution in [-0.4, -0.2) is 72.9 Å². The topological polar surface area (TPSA) is 73.2 Å². The molecule has 0 saturated carbocycles. The molecule has 1 unspecified atom stereocenters. The molecule has 8 heteroatoms. The minimum absolute atomic E-state index is 0.124. The fraction of sp³-hybridized carbons (Fsp3) is 0.448. The van der Waals surface area contributed by atoms with E-state index in [-0.39, 0.29) is 12.0 Å². The Morgan fingerprint density at radius 1 is 1.05 bits per heavy atom. The van der Waals surface area contributed by atoms with Crippen LogP contribution >= 0.6 is 0 Å². The molecule has 37 heavy (non-hydrogen) atoms. The van der Waals surface area contributed by atoms with Crippen LogP contribution in [0.15, 0.2) is 42.6 Å². The molecule has 0 amide bonds. The van der Waals surface area contributed by atoms with Crippen LogP contribution in [0.2, 0.25) is 0 Å². The molecule has 3 aromatic rings. The van der Waals surface area contributed by atoms with Crippen LogP contribution in [0.5, 0.6) is 5.75 Å². The molecule has 1 fully saturated rings. The molecule has 0 N–H and O–H groups in total. The maximum atomic E-state index is 13.0. The van der Waals surface area contributed by atoms with Crippen LogP contribution in [0.25, 0.3) is 10.9 Å². The van der Waals surface area contributed by atoms with E-state index in [1.807, 2.05) is 64.1 Å². The molecule has 0 spiro atoms. The predicted molar refractivity (Wildman–Crippen MR) is 143 cm³/mol. The number of methoxy groups -OCH3 is 2. The summed E-state index contributed by atoms with van der Waals surface area (Å²) in [6, 6.07) is 11.7. The van der Waals surface area contributed by atoms with Crippen LogP contribution in [0.4, 0.5) is 4.79 Å². The van der Waals surface area contributed by atoms with E-state index in [0.29, 0.717) is 12.1 Å². The number of aryl methyl sites for hydroxylation is 1. The van der Waals surface area contributed by atoms with Crippen LogP contribution in [0, 0.1) is 6.92 Å². The van der Waals surface area contributed by atoms with Crippen molar-refractivity contribution in [3.05, 3.63) is 64.8 Å². The Hall–Kier alpha value is -3.36. The summed E-state index contributed by atoms with van der Waals surface area (Å²) in [5, 5.41) is 0.974. The zero-order valence-electron chi connectivity index (χ0n) is 22.8. The molecule has 198 valence electrons. The number of esters is 1. The Bertz CT molecular complexity index is 1290. The van der Waals surface area contributed by atoms with Gasteiger partial charge in [-0.3, -0.25) is 9.47 Å². The van der Waals surface area contributed by atoms with Gasteiger partial charge in [0.2, 0.25) is 0 Å². The standard InChI is InChI=1S/C29H37N3O5/c1-19-16-25(35-6)23(22-12-13-32(26(19)22)28(34)37-29(2,3)4)17-31-15-14-30(5)18-24(31)20-8-10-21(11-9-20)27(33)36-7/h8-13,16,24H,14-15,17-18H2,1-7H3. The summed E-state index contributed by atoms with van der Waals surface area (Å²) in [5.74, 6) is 0.455. The number of carbonyl (C=O) groups is 2. The number of hydrogen-bond donors (Lipinski definition) is 0. The zero-order chi connectivity index (χ0) is 26.9. The fourth-order valence-corrected chi connectivity index (χ4v) is 5.00. The zero-order valence-corrected chi connectivity index (χ0v) is 22.8. The number of piperazine rings is 1. The van der Waals surface area contributed by atoms with Gasteiger partial charge in [-0.1, -0.05) is 12.1 Å². The molecular weight excluding hydrogens is 470 g/mol. The fourth-order valence-electron chi connectivity index (χ4n) is 5.00. The van der Waals surface area contributed by atoms with Gasteiger partial charge in [0.15, 0.2) is 0 Å². The Morgan fingerprint density at radius 2 is 1.76 bits per heavy atom. The van der Waals surface area contributed by atoms with Gasteiger partial charge in [0.05, 0.1) is 25.3 Å². The van der Waals surface area contributed by atoms with Crippen molar-refractivity contribution in [3.8, 4) is 5.75 Å². The summed E-state index contributed by atoms with van der Waals surface area (Å²) in [6.07, 6.45) is 1.38. The highest BCUT2D eigenvalue weighted by molar-refractivity contribution is 5.95. The summed E-state index contributed by atoms with van der Waals surface area (Å²) < 4.78 is 17.9. The van der Waals surface area contributed by atoms with Gasteiger partial charge in [-0.2, -0.15) is 0 Å². The normalized spacial score (nSPS) is 17.1. The number of ether oxygens (including phenoxy) is 3. The minimum Gasteiger partial charge on any atom is -0.496 e. The molecule has 0 aliphatic carbocycles. The summed E-state index contributed by atoms with van der Waals surface area (Å²) in [6.45, 7) is 10.9. The summed E-state index contributed by atoms with van der Waals surface area (Å²) in [4.78, 5) is 29.6. The van der Waals surface area contributed by atoms with Crippen molar-refractivity contribution in [3.63, 3.8) is 0 Å². The maximum absolute atomic E-state index is 13.0.